The molecular formula is C21H17N5O3S. The minimum Gasteiger partial charge on any atom is -0.292 e. The number of carbonyl (C=O) groups excluding carboxylic acids is 2. The summed E-state index contributed by atoms with van der Waals surface area (Å²) in [5, 5.41) is 11.6. The second-order valence-corrected chi connectivity index (χ2v) is 7.31. The Morgan fingerprint density at radius 1 is 1.07 bits per heavy atom. The molecule has 8 nitrogen and oxygen atoms in total. The van der Waals surface area contributed by atoms with Gasteiger partial charge in [0, 0.05) is 12.1 Å². The SMILES string of the molecule is C=CCn1c(=O)c2ccccc2n2c(SCC(=O)NC(=O)c3ccccc3)nnc12. The van der Waals surface area contributed by atoms with E-state index in [1.54, 1.807) is 59.0 Å². The molecule has 9 heteroatoms. The van der Waals surface area contributed by atoms with Crippen LogP contribution in [0.1, 0.15) is 10.4 Å². The van der Waals surface area contributed by atoms with Gasteiger partial charge in [0.15, 0.2) is 5.16 Å². The van der Waals surface area contributed by atoms with E-state index in [0.29, 0.717) is 27.4 Å². The van der Waals surface area contributed by atoms with Crippen molar-refractivity contribution in [3.05, 3.63) is 83.2 Å². The zero-order chi connectivity index (χ0) is 21.1. The number of nitrogens with one attached hydrogen (secondary N) is 1. The fraction of sp³-hybridized carbons (Fsp3) is 0.0952. The van der Waals surface area contributed by atoms with E-state index in [4.69, 9.17) is 0 Å². The van der Waals surface area contributed by atoms with Crippen LogP contribution in [0, 0.1) is 0 Å². The van der Waals surface area contributed by atoms with E-state index in [9.17, 15) is 14.4 Å². The van der Waals surface area contributed by atoms with Gasteiger partial charge < -0.3 is 0 Å². The van der Waals surface area contributed by atoms with Crippen molar-refractivity contribution in [3.63, 3.8) is 0 Å². The van der Waals surface area contributed by atoms with Crippen LogP contribution in [0.4, 0.5) is 0 Å². The fourth-order valence-electron chi connectivity index (χ4n) is 3.08. The van der Waals surface area contributed by atoms with Crippen LogP contribution in [0.2, 0.25) is 0 Å². The molecule has 0 aliphatic heterocycles. The second-order valence-electron chi connectivity index (χ2n) is 6.37. The number of para-hydroxylation sites is 1. The molecule has 0 saturated carbocycles. The maximum absolute atomic E-state index is 12.8. The summed E-state index contributed by atoms with van der Waals surface area (Å²) in [5.41, 5.74) is 0.863. The van der Waals surface area contributed by atoms with Gasteiger partial charge in [0.25, 0.3) is 11.5 Å². The van der Waals surface area contributed by atoms with Gasteiger partial charge in [-0.1, -0.05) is 48.2 Å². The summed E-state index contributed by atoms with van der Waals surface area (Å²) in [6.45, 7) is 3.98. The molecule has 0 saturated heterocycles. The van der Waals surface area contributed by atoms with Crippen LogP contribution in [0.5, 0.6) is 0 Å². The van der Waals surface area contributed by atoms with E-state index in [-0.39, 0.29) is 17.9 Å². The molecule has 2 aromatic heterocycles. The Morgan fingerprint density at radius 3 is 2.57 bits per heavy atom. The van der Waals surface area contributed by atoms with Crippen molar-refractivity contribution in [2.75, 3.05) is 5.75 Å². The Hall–Kier alpha value is -3.72. The number of fused-ring (bicyclic) bond motifs is 3. The van der Waals surface area contributed by atoms with Crippen molar-refractivity contribution in [1.29, 1.82) is 0 Å². The molecule has 2 heterocycles. The molecule has 0 aliphatic carbocycles. The van der Waals surface area contributed by atoms with E-state index < -0.39 is 11.8 Å². The van der Waals surface area contributed by atoms with Crippen LogP contribution in [0.25, 0.3) is 16.7 Å². The van der Waals surface area contributed by atoms with E-state index in [1.807, 2.05) is 6.07 Å². The van der Waals surface area contributed by atoms with Crippen LogP contribution < -0.4 is 10.9 Å². The number of rotatable bonds is 6. The highest BCUT2D eigenvalue weighted by Crippen LogP contribution is 2.21. The summed E-state index contributed by atoms with van der Waals surface area (Å²) >= 11 is 1.13. The van der Waals surface area contributed by atoms with Crippen LogP contribution in [0.15, 0.2) is 77.2 Å². The molecule has 1 N–H and O–H groups in total. The van der Waals surface area contributed by atoms with Gasteiger partial charge in [-0.3, -0.25) is 28.7 Å². The maximum atomic E-state index is 12.8. The van der Waals surface area contributed by atoms with E-state index in [0.717, 1.165) is 11.8 Å². The van der Waals surface area contributed by atoms with Gasteiger partial charge in [0.1, 0.15) is 0 Å². The first-order valence-electron chi connectivity index (χ1n) is 9.09. The van der Waals surface area contributed by atoms with Gasteiger partial charge in [-0.2, -0.15) is 0 Å². The molecule has 150 valence electrons. The largest absolute Gasteiger partial charge is 0.292 e. The lowest BCUT2D eigenvalue weighted by Gasteiger charge is -2.09. The Morgan fingerprint density at radius 2 is 1.80 bits per heavy atom. The molecule has 2 amide bonds. The Labute approximate surface area is 175 Å². The first-order chi connectivity index (χ1) is 14.6. The van der Waals surface area contributed by atoms with Gasteiger partial charge in [-0.05, 0) is 24.3 Å². The lowest BCUT2D eigenvalue weighted by atomic mass is 10.2. The summed E-state index contributed by atoms with van der Waals surface area (Å²) in [6, 6.07) is 15.6. The number of hydrogen-bond acceptors (Lipinski definition) is 6. The molecular weight excluding hydrogens is 402 g/mol. The van der Waals surface area contributed by atoms with E-state index in [1.165, 1.54) is 4.57 Å². The number of allylic oxidation sites excluding steroid dienone is 1. The zero-order valence-corrected chi connectivity index (χ0v) is 16.6. The fourth-order valence-corrected chi connectivity index (χ4v) is 3.82. The standard InChI is InChI=1S/C21H17N5O3S/c1-2-12-25-19(29)15-10-6-7-11-16(15)26-20(25)23-24-21(26)30-13-17(27)22-18(28)14-8-4-3-5-9-14/h2-11H,1,12-13H2,(H,22,27,28). The number of hydrogen-bond donors (Lipinski definition) is 1. The molecule has 0 bridgehead atoms. The van der Waals surface area contributed by atoms with Crippen LogP contribution >= 0.6 is 11.8 Å². The summed E-state index contributed by atoms with van der Waals surface area (Å²) in [4.78, 5) is 37.2. The predicted molar refractivity (Wildman–Crippen MR) is 115 cm³/mol. The Balaban J connectivity index is 1.62. The quantitative estimate of drug-likeness (QED) is 0.380. The number of imide groups is 1. The van der Waals surface area contributed by atoms with E-state index >= 15 is 0 Å². The number of aromatic nitrogens is 4. The molecule has 4 aromatic rings. The first kappa shape index (κ1) is 19.6. The summed E-state index contributed by atoms with van der Waals surface area (Å²) < 4.78 is 3.21. The molecule has 0 atom stereocenters. The molecule has 0 fully saturated rings. The monoisotopic (exact) mass is 419 g/mol. The van der Waals surface area contributed by atoms with Crippen molar-refractivity contribution in [2.24, 2.45) is 0 Å². The summed E-state index contributed by atoms with van der Waals surface area (Å²) in [7, 11) is 0. The summed E-state index contributed by atoms with van der Waals surface area (Å²) in [6.07, 6.45) is 1.61. The Bertz CT molecular complexity index is 1330. The average Bonchev–Trinajstić information content (AvgIpc) is 3.20. The summed E-state index contributed by atoms with van der Waals surface area (Å²) in [5.74, 6) is -0.581. The second kappa shape index (κ2) is 8.34. The highest BCUT2D eigenvalue weighted by Gasteiger charge is 2.18. The number of thioether (sulfide) groups is 1. The highest BCUT2D eigenvalue weighted by atomic mass is 32.2. The third kappa shape index (κ3) is 3.62. The molecule has 0 aliphatic rings. The Kier molecular flexibility index (Phi) is 5.44. The third-order valence-electron chi connectivity index (χ3n) is 4.41. The van der Waals surface area contributed by atoms with Gasteiger partial charge in [0.05, 0.1) is 16.7 Å². The molecule has 0 unspecified atom stereocenters. The zero-order valence-electron chi connectivity index (χ0n) is 15.8. The highest BCUT2D eigenvalue weighted by molar-refractivity contribution is 7.99. The van der Waals surface area contributed by atoms with E-state index in [2.05, 4.69) is 22.1 Å². The normalized spacial score (nSPS) is 10.9. The van der Waals surface area contributed by atoms with Crippen LogP contribution in [-0.2, 0) is 11.3 Å². The molecule has 4 rings (SSSR count). The van der Waals surface area contributed by atoms with Crippen molar-refractivity contribution >= 4 is 40.3 Å². The van der Waals surface area contributed by atoms with Crippen molar-refractivity contribution in [3.8, 4) is 0 Å². The van der Waals surface area contributed by atoms with Gasteiger partial charge >= 0.3 is 0 Å². The number of carbonyl (C=O) groups is 2. The lowest BCUT2D eigenvalue weighted by molar-refractivity contribution is -0.117. The third-order valence-corrected chi connectivity index (χ3v) is 5.34. The van der Waals surface area contributed by atoms with Crippen molar-refractivity contribution in [2.45, 2.75) is 11.7 Å². The van der Waals surface area contributed by atoms with Crippen molar-refractivity contribution < 1.29 is 9.59 Å². The van der Waals surface area contributed by atoms with Gasteiger partial charge in [0.2, 0.25) is 11.7 Å². The smallest absolute Gasteiger partial charge is 0.263 e. The molecule has 30 heavy (non-hydrogen) atoms. The average molecular weight is 419 g/mol. The minimum atomic E-state index is -0.461. The van der Waals surface area contributed by atoms with Gasteiger partial charge in [-0.25, -0.2) is 0 Å². The van der Waals surface area contributed by atoms with Crippen LogP contribution in [0.3, 0.4) is 0 Å². The topological polar surface area (TPSA) is 98.4 Å². The molecule has 0 radical (unpaired) electrons. The maximum Gasteiger partial charge on any atom is 0.263 e. The molecule has 0 spiro atoms. The molecule has 2 aromatic carbocycles. The first-order valence-corrected chi connectivity index (χ1v) is 10.1. The van der Waals surface area contributed by atoms with Gasteiger partial charge in [-0.15, -0.1) is 16.8 Å². The van der Waals surface area contributed by atoms with Crippen LogP contribution in [-0.4, -0.2) is 36.7 Å². The van der Waals surface area contributed by atoms with Crippen molar-refractivity contribution in [1.82, 2.24) is 24.5 Å². The number of benzene rings is 2. The minimum absolute atomic E-state index is 0.0335. The predicted octanol–water partition coefficient (Wildman–Crippen LogP) is 2.28. The lowest BCUT2D eigenvalue weighted by Crippen LogP contribution is -2.31. The number of amides is 2. The number of nitrogens with zero attached hydrogens (tertiary/aromatic N) is 4.